The third kappa shape index (κ3) is 2.93. The average Bonchev–Trinajstić information content (AvgIpc) is 2.48. The zero-order chi connectivity index (χ0) is 14.8. The Bertz CT molecular complexity index is 766. The van der Waals surface area contributed by atoms with Gasteiger partial charge in [-0.05, 0) is 48.7 Å². The molecule has 3 rings (SSSR count). The first kappa shape index (κ1) is 13.7. The summed E-state index contributed by atoms with van der Waals surface area (Å²) in [6.07, 6.45) is 0.674. The minimum atomic E-state index is -0.225. The van der Waals surface area contributed by atoms with Crippen LogP contribution in [0.25, 0.3) is 10.9 Å². The molecule has 0 aliphatic rings. The fourth-order valence-electron chi connectivity index (χ4n) is 2.63. The molecular formula is C18H17FN2. The lowest BCUT2D eigenvalue weighted by Gasteiger charge is -2.15. The summed E-state index contributed by atoms with van der Waals surface area (Å²) >= 11 is 0. The van der Waals surface area contributed by atoms with Gasteiger partial charge < -0.3 is 5.73 Å². The standard InChI is InChI=1S/C18H17FN2/c1-12-10-16(15-4-2-3-5-18(15)21-12)17(20)11-13-6-8-14(19)9-7-13/h2-10,17H,11,20H2,1H3. The summed E-state index contributed by atoms with van der Waals surface area (Å²) in [5.74, 6) is -0.225. The largest absolute Gasteiger partial charge is 0.324 e. The van der Waals surface area contributed by atoms with E-state index in [0.29, 0.717) is 6.42 Å². The Morgan fingerprint density at radius 2 is 1.81 bits per heavy atom. The van der Waals surface area contributed by atoms with Gasteiger partial charge in [0, 0.05) is 17.1 Å². The van der Waals surface area contributed by atoms with Gasteiger partial charge in [-0.1, -0.05) is 30.3 Å². The first-order chi connectivity index (χ1) is 10.1. The average molecular weight is 280 g/mol. The Kier molecular flexibility index (Phi) is 3.67. The second-order valence-corrected chi connectivity index (χ2v) is 5.31. The summed E-state index contributed by atoms with van der Waals surface area (Å²) < 4.78 is 13.0. The Balaban J connectivity index is 1.97. The number of hydrogen-bond acceptors (Lipinski definition) is 2. The zero-order valence-corrected chi connectivity index (χ0v) is 11.9. The summed E-state index contributed by atoms with van der Waals surface area (Å²) in [5.41, 5.74) is 10.4. The van der Waals surface area contributed by atoms with Crippen molar-refractivity contribution in [2.45, 2.75) is 19.4 Å². The number of fused-ring (bicyclic) bond motifs is 1. The highest BCUT2D eigenvalue weighted by Crippen LogP contribution is 2.25. The molecule has 1 unspecified atom stereocenters. The molecule has 1 heterocycles. The number of para-hydroxylation sites is 1. The Morgan fingerprint density at radius 3 is 2.57 bits per heavy atom. The molecule has 1 atom stereocenters. The van der Waals surface area contributed by atoms with Crippen molar-refractivity contribution in [1.82, 2.24) is 4.98 Å². The molecule has 21 heavy (non-hydrogen) atoms. The van der Waals surface area contributed by atoms with Crippen molar-refractivity contribution in [3.63, 3.8) is 0 Å². The van der Waals surface area contributed by atoms with E-state index in [9.17, 15) is 4.39 Å². The molecule has 0 radical (unpaired) electrons. The summed E-state index contributed by atoms with van der Waals surface area (Å²) in [4.78, 5) is 4.53. The molecule has 2 N–H and O–H groups in total. The van der Waals surface area contributed by atoms with E-state index in [-0.39, 0.29) is 11.9 Å². The van der Waals surface area contributed by atoms with Crippen molar-refractivity contribution in [3.05, 3.63) is 77.2 Å². The molecule has 0 bridgehead atoms. The molecule has 0 fully saturated rings. The predicted octanol–water partition coefficient (Wildman–Crippen LogP) is 3.92. The SMILES string of the molecule is Cc1cc(C(N)Cc2ccc(F)cc2)c2ccccc2n1. The van der Waals surface area contributed by atoms with Gasteiger partial charge >= 0.3 is 0 Å². The monoisotopic (exact) mass is 280 g/mol. The van der Waals surface area contributed by atoms with Crippen LogP contribution >= 0.6 is 0 Å². The summed E-state index contributed by atoms with van der Waals surface area (Å²) in [5, 5.41) is 1.08. The van der Waals surface area contributed by atoms with E-state index >= 15 is 0 Å². The van der Waals surface area contributed by atoms with E-state index in [1.165, 1.54) is 12.1 Å². The van der Waals surface area contributed by atoms with Gasteiger partial charge in [0.2, 0.25) is 0 Å². The fourth-order valence-corrected chi connectivity index (χ4v) is 2.63. The summed E-state index contributed by atoms with van der Waals surface area (Å²) in [6, 6.07) is 16.4. The van der Waals surface area contributed by atoms with Crippen LogP contribution in [0.15, 0.2) is 54.6 Å². The van der Waals surface area contributed by atoms with Gasteiger partial charge in [-0.3, -0.25) is 4.98 Å². The second-order valence-electron chi connectivity index (χ2n) is 5.31. The maximum atomic E-state index is 13.0. The Labute approximate surface area is 123 Å². The topological polar surface area (TPSA) is 38.9 Å². The minimum Gasteiger partial charge on any atom is -0.324 e. The van der Waals surface area contributed by atoms with Crippen LogP contribution in [0.4, 0.5) is 4.39 Å². The van der Waals surface area contributed by atoms with Gasteiger partial charge in [-0.25, -0.2) is 4.39 Å². The highest BCUT2D eigenvalue weighted by molar-refractivity contribution is 5.82. The number of nitrogens with zero attached hydrogens (tertiary/aromatic N) is 1. The van der Waals surface area contributed by atoms with Crippen LogP contribution in [-0.2, 0) is 6.42 Å². The molecular weight excluding hydrogens is 263 g/mol. The summed E-state index contributed by atoms with van der Waals surface area (Å²) in [7, 11) is 0. The van der Waals surface area contributed by atoms with E-state index in [1.54, 1.807) is 12.1 Å². The fraction of sp³-hybridized carbons (Fsp3) is 0.167. The van der Waals surface area contributed by atoms with E-state index in [0.717, 1.165) is 27.7 Å². The Morgan fingerprint density at radius 1 is 1.10 bits per heavy atom. The van der Waals surface area contributed by atoms with Crippen LogP contribution in [0.3, 0.4) is 0 Å². The van der Waals surface area contributed by atoms with Crippen molar-refractivity contribution in [1.29, 1.82) is 0 Å². The normalized spacial score (nSPS) is 12.5. The van der Waals surface area contributed by atoms with Crippen LogP contribution in [0, 0.1) is 12.7 Å². The highest BCUT2D eigenvalue weighted by Gasteiger charge is 2.12. The molecule has 3 heteroatoms. The molecule has 2 nitrogen and oxygen atoms in total. The molecule has 0 aliphatic carbocycles. The maximum Gasteiger partial charge on any atom is 0.123 e. The molecule has 0 saturated heterocycles. The van der Waals surface area contributed by atoms with Gasteiger partial charge in [0.05, 0.1) is 5.52 Å². The lowest BCUT2D eigenvalue weighted by molar-refractivity contribution is 0.625. The molecule has 0 aliphatic heterocycles. The van der Waals surface area contributed by atoms with Crippen molar-refractivity contribution in [3.8, 4) is 0 Å². The lowest BCUT2D eigenvalue weighted by atomic mass is 9.96. The third-order valence-electron chi connectivity index (χ3n) is 3.64. The number of benzene rings is 2. The van der Waals surface area contributed by atoms with Crippen LogP contribution in [0.1, 0.15) is 22.9 Å². The first-order valence-corrected chi connectivity index (χ1v) is 7.00. The smallest absolute Gasteiger partial charge is 0.123 e. The first-order valence-electron chi connectivity index (χ1n) is 7.00. The van der Waals surface area contributed by atoms with Crippen molar-refractivity contribution >= 4 is 10.9 Å². The molecule has 0 amide bonds. The van der Waals surface area contributed by atoms with Crippen molar-refractivity contribution in [2.24, 2.45) is 5.73 Å². The van der Waals surface area contributed by atoms with Gasteiger partial charge in [0.1, 0.15) is 5.82 Å². The quantitative estimate of drug-likeness (QED) is 0.789. The maximum absolute atomic E-state index is 13.0. The van der Waals surface area contributed by atoms with Crippen LogP contribution in [0.5, 0.6) is 0 Å². The van der Waals surface area contributed by atoms with Gasteiger partial charge in [0.15, 0.2) is 0 Å². The van der Waals surface area contributed by atoms with Crippen LogP contribution < -0.4 is 5.73 Å². The van der Waals surface area contributed by atoms with Gasteiger partial charge in [0.25, 0.3) is 0 Å². The third-order valence-corrected chi connectivity index (χ3v) is 3.64. The predicted molar refractivity (Wildman–Crippen MR) is 83.5 cm³/mol. The van der Waals surface area contributed by atoms with E-state index in [1.807, 2.05) is 37.3 Å². The number of rotatable bonds is 3. The van der Waals surface area contributed by atoms with E-state index in [2.05, 4.69) is 4.98 Å². The number of aromatic nitrogens is 1. The molecule has 0 spiro atoms. The number of nitrogens with two attached hydrogens (primary N) is 1. The number of halogens is 1. The molecule has 3 aromatic rings. The van der Waals surface area contributed by atoms with Crippen LogP contribution in [0.2, 0.25) is 0 Å². The number of hydrogen-bond donors (Lipinski definition) is 1. The van der Waals surface area contributed by atoms with E-state index < -0.39 is 0 Å². The molecule has 1 aromatic heterocycles. The second kappa shape index (κ2) is 5.62. The van der Waals surface area contributed by atoms with Crippen LogP contribution in [-0.4, -0.2) is 4.98 Å². The minimum absolute atomic E-state index is 0.137. The Hall–Kier alpha value is -2.26. The zero-order valence-electron chi connectivity index (χ0n) is 11.9. The molecule has 106 valence electrons. The van der Waals surface area contributed by atoms with Gasteiger partial charge in [-0.15, -0.1) is 0 Å². The molecule has 0 saturated carbocycles. The molecule has 2 aromatic carbocycles. The van der Waals surface area contributed by atoms with E-state index in [4.69, 9.17) is 5.73 Å². The lowest BCUT2D eigenvalue weighted by Crippen LogP contribution is -2.14. The number of aryl methyl sites for hydroxylation is 1. The van der Waals surface area contributed by atoms with Crippen molar-refractivity contribution < 1.29 is 4.39 Å². The van der Waals surface area contributed by atoms with Gasteiger partial charge in [-0.2, -0.15) is 0 Å². The summed E-state index contributed by atoms with van der Waals surface area (Å²) in [6.45, 7) is 1.97. The number of pyridine rings is 1. The van der Waals surface area contributed by atoms with Crippen molar-refractivity contribution in [2.75, 3.05) is 0 Å². The highest BCUT2D eigenvalue weighted by atomic mass is 19.1.